The van der Waals surface area contributed by atoms with Crippen LogP contribution in [0, 0.1) is 0 Å². The first-order chi connectivity index (χ1) is 4.20. The minimum absolute atomic E-state index is 0.207. The van der Waals surface area contributed by atoms with E-state index in [0.717, 1.165) is 0 Å². The zero-order chi connectivity index (χ0) is 7.28. The highest BCUT2D eigenvalue weighted by molar-refractivity contribution is 5.87. The summed E-state index contributed by atoms with van der Waals surface area (Å²) in [6, 6.07) is 0. The predicted molar refractivity (Wildman–Crippen MR) is 35.4 cm³/mol. The van der Waals surface area contributed by atoms with Crippen molar-refractivity contribution in [3.05, 3.63) is 11.9 Å². The van der Waals surface area contributed by atoms with Gasteiger partial charge in [0.1, 0.15) is 5.82 Å². The fraction of sp³-hybridized carbons (Fsp3) is 0.400. The van der Waals surface area contributed by atoms with Crippen molar-refractivity contribution in [3.63, 3.8) is 0 Å². The Kier molecular flexibility index (Phi) is 3.27. The van der Waals surface area contributed by atoms with E-state index in [1.54, 1.807) is 14.1 Å². The van der Waals surface area contributed by atoms with E-state index in [-0.39, 0.29) is 5.91 Å². The molecule has 0 aliphatic carbocycles. The van der Waals surface area contributed by atoms with Gasteiger partial charge in [0.25, 0.3) is 0 Å². The van der Waals surface area contributed by atoms with Crippen LogP contribution in [0.4, 0.5) is 0 Å². The average molecular weight is 129 g/mol. The summed E-state index contributed by atoms with van der Waals surface area (Å²) in [5.74, 6) is 0.149. The van der Waals surface area contributed by atoms with Gasteiger partial charge in [-0.1, -0.05) is 0 Å². The number of hydrogen-bond acceptors (Lipinski definition) is 3. The second-order valence-electron chi connectivity index (χ2n) is 1.46. The van der Waals surface area contributed by atoms with Crippen LogP contribution in [0.5, 0.6) is 0 Å². The number of nitrogens with one attached hydrogen (secondary N) is 2. The molecule has 1 amide bonds. The second kappa shape index (κ2) is 3.77. The first kappa shape index (κ1) is 7.81. The molecule has 0 unspecified atom stereocenters. The third-order valence-electron chi connectivity index (χ3n) is 0.822. The number of rotatable bonds is 2. The van der Waals surface area contributed by atoms with E-state index in [2.05, 4.69) is 10.6 Å². The van der Waals surface area contributed by atoms with E-state index in [0.29, 0.717) is 5.82 Å². The number of carbonyl (C=O) groups excluding carboxylic acids is 1. The molecule has 52 valence electrons. The molecule has 0 atom stereocenters. The summed E-state index contributed by atoms with van der Waals surface area (Å²) in [5.41, 5.74) is 5.24. The van der Waals surface area contributed by atoms with E-state index in [4.69, 9.17) is 5.73 Å². The smallest absolute Gasteiger partial charge is 0.247 e. The van der Waals surface area contributed by atoms with Crippen LogP contribution >= 0.6 is 0 Å². The maximum Gasteiger partial charge on any atom is 0.247 e. The van der Waals surface area contributed by atoms with Gasteiger partial charge < -0.3 is 16.4 Å². The van der Waals surface area contributed by atoms with E-state index in [1.165, 1.54) is 6.08 Å². The molecule has 4 nitrogen and oxygen atoms in total. The van der Waals surface area contributed by atoms with E-state index >= 15 is 0 Å². The van der Waals surface area contributed by atoms with Crippen LogP contribution in [0.2, 0.25) is 0 Å². The van der Waals surface area contributed by atoms with Crippen LogP contribution in [-0.4, -0.2) is 20.0 Å². The van der Waals surface area contributed by atoms with Gasteiger partial charge in [0.15, 0.2) is 0 Å². The van der Waals surface area contributed by atoms with Crippen molar-refractivity contribution in [3.8, 4) is 0 Å². The van der Waals surface area contributed by atoms with Crippen LogP contribution in [-0.2, 0) is 4.79 Å². The number of hydrogen-bond donors (Lipinski definition) is 3. The Labute approximate surface area is 54.1 Å². The summed E-state index contributed by atoms with van der Waals surface area (Å²) in [4.78, 5) is 10.5. The van der Waals surface area contributed by atoms with Gasteiger partial charge in [0, 0.05) is 20.2 Å². The Balaban J connectivity index is 3.79. The minimum Gasteiger partial charge on any atom is -0.385 e. The molecule has 0 rings (SSSR count). The molecule has 0 bridgehead atoms. The summed E-state index contributed by atoms with van der Waals surface area (Å²) in [6.45, 7) is 0. The second-order valence-corrected chi connectivity index (χ2v) is 1.46. The lowest BCUT2D eigenvalue weighted by Crippen LogP contribution is -2.21. The van der Waals surface area contributed by atoms with Crippen molar-refractivity contribution in [2.75, 3.05) is 14.1 Å². The molecule has 0 fully saturated rings. The molecule has 0 heterocycles. The number of nitrogens with two attached hydrogens (primary N) is 1. The summed E-state index contributed by atoms with van der Waals surface area (Å²) < 4.78 is 0. The monoisotopic (exact) mass is 129 g/mol. The highest BCUT2D eigenvalue weighted by atomic mass is 16.1. The Morgan fingerprint density at radius 3 is 2.33 bits per heavy atom. The molecule has 0 saturated heterocycles. The van der Waals surface area contributed by atoms with Crippen LogP contribution in [0.3, 0.4) is 0 Å². The molecule has 4 N–H and O–H groups in total. The topological polar surface area (TPSA) is 67.2 Å². The molecule has 0 aromatic heterocycles. The molecule has 0 spiro atoms. The molecule has 0 aliphatic rings. The van der Waals surface area contributed by atoms with Crippen LogP contribution in [0.25, 0.3) is 0 Å². The lowest BCUT2D eigenvalue weighted by Gasteiger charge is -1.96. The highest BCUT2D eigenvalue weighted by Crippen LogP contribution is 1.72. The molecule has 0 aromatic rings. The predicted octanol–water partition coefficient (Wildman–Crippen LogP) is -1.25. The summed E-state index contributed by atoms with van der Waals surface area (Å²) in [5, 5.41) is 5.00. The minimum atomic E-state index is -0.207. The molecule has 0 aromatic carbocycles. The van der Waals surface area contributed by atoms with Crippen molar-refractivity contribution in [1.82, 2.24) is 10.6 Å². The molecule has 0 aliphatic heterocycles. The van der Waals surface area contributed by atoms with Crippen LogP contribution in [0.1, 0.15) is 0 Å². The van der Waals surface area contributed by atoms with Crippen molar-refractivity contribution in [1.29, 1.82) is 0 Å². The number of carbonyl (C=O) groups is 1. The van der Waals surface area contributed by atoms with Gasteiger partial charge >= 0.3 is 0 Å². The van der Waals surface area contributed by atoms with Crippen molar-refractivity contribution < 1.29 is 4.79 Å². The maximum atomic E-state index is 10.5. The molecular weight excluding hydrogens is 118 g/mol. The molecular formula is C5H11N3O. The van der Waals surface area contributed by atoms with Gasteiger partial charge in [-0.15, -0.1) is 0 Å². The zero-order valence-electron chi connectivity index (χ0n) is 5.56. The first-order valence-corrected chi connectivity index (χ1v) is 2.57. The third kappa shape index (κ3) is 3.40. The Morgan fingerprint density at radius 1 is 1.44 bits per heavy atom. The fourth-order valence-electron chi connectivity index (χ4n) is 0.286. The highest BCUT2D eigenvalue weighted by Gasteiger charge is 1.90. The van der Waals surface area contributed by atoms with E-state index in [9.17, 15) is 4.79 Å². The largest absolute Gasteiger partial charge is 0.385 e. The van der Waals surface area contributed by atoms with Gasteiger partial charge in [0.2, 0.25) is 5.91 Å². The van der Waals surface area contributed by atoms with Crippen LogP contribution < -0.4 is 16.4 Å². The van der Waals surface area contributed by atoms with Gasteiger partial charge in [-0.05, 0) is 0 Å². The van der Waals surface area contributed by atoms with E-state index < -0.39 is 0 Å². The van der Waals surface area contributed by atoms with Gasteiger partial charge in [-0.2, -0.15) is 0 Å². The summed E-state index contributed by atoms with van der Waals surface area (Å²) in [7, 11) is 3.19. The van der Waals surface area contributed by atoms with Gasteiger partial charge in [0.05, 0.1) is 0 Å². The molecule has 0 saturated carbocycles. The maximum absolute atomic E-state index is 10.5. The quantitative estimate of drug-likeness (QED) is 0.408. The Bertz CT molecular complexity index is 130. The van der Waals surface area contributed by atoms with Crippen LogP contribution in [0.15, 0.2) is 11.9 Å². The average Bonchev–Trinajstić information content (AvgIpc) is 1.87. The van der Waals surface area contributed by atoms with Gasteiger partial charge in [-0.25, -0.2) is 0 Å². The van der Waals surface area contributed by atoms with Crippen molar-refractivity contribution >= 4 is 5.91 Å². The summed E-state index contributed by atoms with van der Waals surface area (Å²) in [6.07, 6.45) is 1.28. The van der Waals surface area contributed by atoms with Crippen molar-refractivity contribution in [2.45, 2.75) is 0 Å². The molecule has 9 heavy (non-hydrogen) atoms. The third-order valence-corrected chi connectivity index (χ3v) is 0.822. The number of amides is 1. The first-order valence-electron chi connectivity index (χ1n) is 2.57. The fourth-order valence-corrected chi connectivity index (χ4v) is 0.286. The SMILES string of the molecule is CNC(=O)/C=C(\N)NC. The number of likely N-dealkylation sites (N-methyl/N-ethyl adjacent to an activating group) is 1. The van der Waals surface area contributed by atoms with Gasteiger partial charge in [-0.3, -0.25) is 4.79 Å². The normalized spacial score (nSPS) is 10.7. The molecule has 0 radical (unpaired) electrons. The Morgan fingerprint density at radius 2 is 2.00 bits per heavy atom. The molecule has 4 heteroatoms. The summed E-state index contributed by atoms with van der Waals surface area (Å²) >= 11 is 0. The lowest BCUT2D eigenvalue weighted by molar-refractivity contribution is -0.116. The van der Waals surface area contributed by atoms with Crippen molar-refractivity contribution in [2.24, 2.45) is 5.73 Å². The lowest BCUT2D eigenvalue weighted by atomic mass is 10.5. The Hall–Kier alpha value is -1.19. The zero-order valence-corrected chi connectivity index (χ0v) is 5.56. The standard InChI is InChI=1S/C5H11N3O/c1-7-4(6)3-5(9)8-2/h3,7H,6H2,1-2H3,(H,8,9)/b4-3+. The van der Waals surface area contributed by atoms with E-state index in [1.807, 2.05) is 0 Å².